The van der Waals surface area contributed by atoms with Gasteiger partial charge in [-0.05, 0) is 38.8 Å². The van der Waals surface area contributed by atoms with Gasteiger partial charge in [0.15, 0.2) is 5.96 Å². The molecule has 5 nitrogen and oxygen atoms in total. The first-order chi connectivity index (χ1) is 13.2. The lowest BCUT2D eigenvalue weighted by Gasteiger charge is -2.45. The van der Waals surface area contributed by atoms with Crippen molar-refractivity contribution in [2.75, 3.05) is 71.7 Å². The molecule has 3 fully saturated rings. The number of hydrogen-bond donors (Lipinski definition) is 1. The fourth-order valence-corrected chi connectivity index (χ4v) is 6.42. The minimum Gasteiger partial charge on any atom is -0.356 e. The van der Waals surface area contributed by atoms with Crippen LogP contribution in [-0.4, -0.2) is 97.1 Å². The molecule has 27 heavy (non-hydrogen) atoms. The van der Waals surface area contributed by atoms with E-state index in [0.717, 1.165) is 19.0 Å². The van der Waals surface area contributed by atoms with E-state index in [-0.39, 0.29) is 0 Å². The predicted molar refractivity (Wildman–Crippen MR) is 119 cm³/mol. The van der Waals surface area contributed by atoms with Gasteiger partial charge in [0.2, 0.25) is 0 Å². The van der Waals surface area contributed by atoms with Crippen LogP contribution < -0.4 is 5.32 Å². The van der Waals surface area contributed by atoms with Crippen LogP contribution in [0.3, 0.4) is 0 Å². The Balaban J connectivity index is 1.33. The first kappa shape index (κ1) is 21.3. The molecule has 2 aliphatic heterocycles. The lowest BCUT2D eigenvalue weighted by molar-refractivity contribution is 0.136. The van der Waals surface area contributed by atoms with Gasteiger partial charge in [0, 0.05) is 63.4 Å². The van der Waals surface area contributed by atoms with Crippen molar-refractivity contribution in [3.63, 3.8) is 0 Å². The first-order valence-electron chi connectivity index (χ1n) is 11.3. The highest BCUT2D eigenvalue weighted by molar-refractivity contribution is 8.00. The number of thioether (sulfide) groups is 1. The topological polar surface area (TPSA) is 34.1 Å². The molecule has 2 heterocycles. The molecule has 1 saturated carbocycles. The van der Waals surface area contributed by atoms with Crippen molar-refractivity contribution in [2.45, 2.75) is 56.6 Å². The maximum Gasteiger partial charge on any atom is 0.193 e. The van der Waals surface area contributed by atoms with Crippen molar-refractivity contribution in [3.05, 3.63) is 0 Å². The largest absolute Gasteiger partial charge is 0.356 e. The van der Waals surface area contributed by atoms with E-state index in [2.05, 4.69) is 43.7 Å². The normalized spacial score (nSPS) is 25.1. The SMILES string of the molecule is CCN1CCN(CCCCNC(=NC)N2CCSC3(CCCCC3)C2)CC1. The number of guanidine groups is 1. The summed E-state index contributed by atoms with van der Waals surface area (Å²) in [6, 6.07) is 0. The summed E-state index contributed by atoms with van der Waals surface area (Å²) in [5, 5.41) is 3.65. The van der Waals surface area contributed by atoms with E-state index < -0.39 is 0 Å². The van der Waals surface area contributed by atoms with E-state index in [1.807, 2.05) is 7.05 Å². The highest BCUT2D eigenvalue weighted by Gasteiger charge is 2.38. The monoisotopic (exact) mass is 395 g/mol. The molecule has 1 N–H and O–H groups in total. The first-order valence-corrected chi connectivity index (χ1v) is 12.3. The molecule has 2 saturated heterocycles. The van der Waals surface area contributed by atoms with Crippen molar-refractivity contribution >= 4 is 17.7 Å². The molecule has 6 heteroatoms. The molecule has 0 bridgehead atoms. The number of piperazine rings is 1. The second-order valence-electron chi connectivity index (χ2n) is 8.47. The van der Waals surface area contributed by atoms with Crippen molar-refractivity contribution in [1.29, 1.82) is 0 Å². The Kier molecular flexibility index (Phi) is 8.59. The van der Waals surface area contributed by atoms with Gasteiger partial charge in [-0.15, -0.1) is 0 Å². The molecule has 0 amide bonds. The number of rotatable bonds is 6. The number of aliphatic imine (C=N–C) groups is 1. The summed E-state index contributed by atoms with van der Waals surface area (Å²) in [5.41, 5.74) is 0. The van der Waals surface area contributed by atoms with Crippen LogP contribution in [-0.2, 0) is 0 Å². The summed E-state index contributed by atoms with van der Waals surface area (Å²) < 4.78 is 0.509. The van der Waals surface area contributed by atoms with Crippen molar-refractivity contribution in [1.82, 2.24) is 20.0 Å². The van der Waals surface area contributed by atoms with Crippen LogP contribution in [0.4, 0.5) is 0 Å². The molecule has 1 spiro atoms. The van der Waals surface area contributed by atoms with E-state index in [1.54, 1.807) is 0 Å². The highest BCUT2D eigenvalue weighted by Crippen LogP contribution is 2.42. The minimum absolute atomic E-state index is 0.509. The Bertz CT molecular complexity index is 450. The average molecular weight is 396 g/mol. The van der Waals surface area contributed by atoms with Gasteiger partial charge in [0.1, 0.15) is 0 Å². The lowest BCUT2D eigenvalue weighted by Crippen LogP contribution is -2.53. The van der Waals surface area contributed by atoms with Gasteiger partial charge in [-0.2, -0.15) is 11.8 Å². The van der Waals surface area contributed by atoms with Crippen LogP contribution in [0, 0.1) is 0 Å². The molecule has 156 valence electrons. The van der Waals surface area contributed by atoms with Crippen molar-refractivity contribution in [2.24, 2.45) is 4.99 Å². The molecule has 0 aromatic rings. The van der Waals surface area contributed by atoms with E-state index >= 15 is 0 Å². The third-order valence-corrected chi connectivity index (χ3v) is 8.16. The molecule has 0 unspecified atom stereocenters. The Morgan fingerprint density at radius 3 is 2.44 bits per heavy atom. The maximum absolute atomic E-state index is 4.60. The molecule has 0 atom stereocenters. The fraction of sp³-hybridized carbons (Fsp3) is 0.952. The number of hydrogen-bond acceptors (Lipinski definition) is 4. The highest BCUT2D eigenvalue weighted by atomic mass is 32.2. The fourth-order valence-electron chi connectivity index (χ4n) is 4.85. The van der Waals surface area contributed by atoms with Gasteiger partial charge in [-0.1, -0.05) is 26.2 Å². The zero-order chi connectivity index (χ0) is 19.0. The van der Waals surface area contributed by atoms with E-state index in [4.69, 9.17) is 0 Å². The molecule has 0 aromatic heterocycles. The third-order valence-electron chi connectivity index (χ3n) is 6.62. The van der Waals surface area contributed by atoms with Gasteiger partial charge in [0.25, 0.3) is 0 Å². The Labute approximate surface area is 171 Å². The second-order valence-corrected chi connectivity index (χ2v) is 10.0. The smallest absolute Gasteiger partial charge is 0.193 e. The van der Waals surface area contributed by atoms with Crippen LogP contribution in [0.5, 0.6) is 0 Å². The summed E-state index contributed by atoms with van der Waals surface area (Å²) in [7, 11) is 1.95. The van der Waals surface area contributed by atoms with Gasteiger partial charge >= 0.3 is 0 Å². The van der Waals surface area contributed by atoms with Crippen LogP contribution in [0.2, 0.25) is 0 Å². The van der Waals surface area contributed by atoms with E-state index in [1.165, 1.54) is 96.5 Å². The Morgan fingerprint density at radius 2 is 1.74 bits per heavy atom. The van der Waals surface area contributed by atoms with Gasteiger partial charge in [-0.3, -0.25) is 4.99 Å². The summed E-state index contributed by atoms with van der Waals surface area (Å²) in [6.45, 7) is 13.1. The standard InChI is InChI=1S/C21H41N5S/c1-3-24-13-15-25(16-14-24)12-8-7-11-23-20(22-2)26-17-18-27-21(19-26)9-5-4-6-10-21/h3-19H2,1-2H3,(H,22,23). The number of nitrogens with zero attached hydrogens (tertiary/aromatic N) is 4. The third kappa shape index (κ3) is 6.26. The summed E-state index contributed by atoms with van der Waals surface area (Å²) >= 11 is 2.23. The van der Waals surface area contributed by atoms with Gasteiger partial charge in [0.05, 0.1) is 0 Å². The molecular weight excluding hydrogens is 354 g/mol. The predicted octanol–water partition coefficient (Wildman–Crippen LogP) is 2.73. The van der Waals surface area contributed by atoms with Gasteiger partial charge in [-0.25, -0.2) is 0 Å². The number of unbranched alkanes of at least 4 members (excludes halogenated alkanes) is 1. The van der Waals surface area contributed by atoms with Crippen molar-refractivity contribution < 1.29 is 0 Å². The second kappa shape index (κ2) is 10.9. The minimum atomic E-state index is 0.509. The molecular formula is C21H41N5S. The maximum atomic E-state index is 4.60. The Hall–Kier alpha value is -0.460. The van der Waals surface area contributed by atoms with Gasteiger partial charge < -0.3 is 20.0 Å². The molecule has 1 aliphatic carbocycles. The van der Waals surface area contributed by atoms with Crippen LogP contribution in [0.1, 0.15) is 51.9 Å². The molecule has 0 aromatic carbocycles. The van der Waals surface area contributed by atoms with E-state index in [9.17, 15) is 0 Å². The molecule has 3 aliphatic rings. The summed E-state index contributed by atoms with van der Waals surface area (Å²) in [5.74, 6) is 2.39. The summed E-state index contributed by atoms with van der Waals surface area (Å²) in [4.78, 5) is 12.3. The zero-order valence-corrected chi connectivity index (χ0v) is 18.5. The average Bonchev–Trinajstić information content (AvgIpc) is 2.72. The quantitative estimate of drug-likeness (QED) is 0.425. The van der Waals surface area contributed by atoms with Crippen LogP contribution in [0.25, 0.3) is 0 Å². The summed E-state index contributed by atoms with van der Waals surface area (Å²) in [6.07, 6.45) is 9.59. The molecule has 3 rings (SSSR count). The number of likely N-dealkylation sites (N-methyl/N-ethyl adjacent to an activating group) is 1. The zero-order valence-electron chi connectivity index (χ0n) is 17.7. The van der Waals surface area contributed by atoms with Crippen LogP contribution >= 0.6 is 11.8 Å². The number of nitrogens with one attached hydrogen (secondary N) is 1. The Morgan fingerprint density at radius 1 is 1.00 bits per heavy atom. The van der Waals surface area contributed by atoms with Crippen molar-refractivity contribution in [3.8, 4) is 0 Å². The lowest BCUT2D eigenvalue weighted by atomic mass is 9.87. The molecule has 0 radical (unpaired) electrons. The van der Waals surface area contributed by atoms with Crippen LogP contribution in [0.15, 0.2) is 4.99 Å². The van der Waals surface area contributed by atoms with E-state index in [0.29, 0.717) is 4.75 Å².